The summed E-state index contributed by atoms with van der Waals surface area (Å²) >= 11 is 0. The summed E-state index contributed by atoms with van der Waals surface area (Å²) in [6.45, 7) is 2.13. The smallest absolute Gasteiger partial charge is 0.136 e. The molecule has 0 aromatic heterocycles. The molecule has 4 heteroatoms. The summed E-state index contributed by atoms with van der Waals surface area (Å²) in [5.41, 5.74) is 8.10. The lowest BCUT2D eigenvalue weighted by atomic mass is 10.2. The summed E-state index contributed by atoms with van der Waals surface area (Å²) < 4.78 is 4.92. The third-order valence-electron chi connectivity index (χ3n) is 1.51. The van der Waals surface area contributed by atoms with E-state index in [2.05, 4.69) is 16.9 Å². The maximum absolute atomic E-state index is 8.10. The van der Waals surface area contributed by atoms with E-state index in [0.29, 0.717) is 0 Å². The molecule has 0 amide bonds. The van der Waals surface area contributed by atoms with Crippen LogP contribution < -0.4 is 0 Å². The Bertz CT molecular complexity index is 132. The predicted octanol–water partition coefficient (Wildman–Crippen LogP) is 2.85. The molecule has 0 spiro atoms. The molecule has 4 nitrogen and oxygen atoms in total. The summed E-state index contributed by atoms with van der Waals surface area (Å²) in [5, 5.41) is 3.47. The van der Waals surface area contributed by atoms with Crippen molar-refractivity contribution in [1.82, 2.24) is 0 Å². The molecule has 1 unspecified atom stereocenters. The number of hydrogen-bond acceptors (Lipinski definition) is 2. The highest BCUT2D eigenvalue weighted by molar-refractivity contribution is 4.55. The van der Waals surface area contributed by atoms with Crippen LogP contribution in [0.2, 0.25) is 0 Å². The first-order valence-corrected chi connectivity index (χ1v) is 3.92. The van der Waals surface area contributed by atoms with Crippen LogP contribution in [0.1, 0.15) is 32.6 Å². The van der Waals surface area contributed by atoms with Crippen molar-refractivity contribution in [1.29, 1.82) is 0 Å². The number of methoxy groups -OCH3 is 1. The summed E-state index contributed by atoms with van der Waals surface area (Å²) in [6.07, 6.45) is 3.96. The van der Waals surface area contributed by atoms with Gasteiger partial charge in [-0.25, -0.2) is 0 Å². The first kappa shape index (κ1) is 10.3. The lowest BCUT2D eigenvalue weighted by Gasteiger charge is -2.06. The molecule has 0 N–H and O–H groups in total. The number of hydrogen-bond donors (Lipinski definition) is 0. The molecule has 0 aromatic rings. The van der Waals surface area contributed by atoms with Crippen LogP contribution in [0, 0.1) is 0 Å². The Morgan fingerprint density at radius 1 is 1.55 bits per heavy atom. The van der Waals surface area contributed by atoms with E-state index in [-0.39, 0.29) is 6.23 Å². The fraction of sp³-hybridized carbons (Fsp3) is 1.00. The van der Waals surface area contributed by atoms with Crippen molar-refractivity contribution < 1.29 is 4.74 Å². The van der Waals surface area contributed by atoms with Gasteiger partial charge in [0.25, 0.3) is 0 Å². The highest BCUT2D eigenvalue weighted by Gasteiger charge is 2.01. The van der Waals surface area contributed by atoms with Crippen LogP contribution in [0.15, 0.2) is 5.11 Å². The van der Waals surface area contributed by atoms with Crippen molar-refractivity contribution in [2.75, 3.05) is 7.11 Å². The van der Waals surface area contributed by atoms with E-state index in [1.54, 1.807) is 7.11 Å². The first-order chi connectivity index (χ1) is 5.35. The van der Waals surface area contributed by atoms with Gasteiger partial charge in [-0.1, -0.05) is 31.3 Å². The molecule has 64 valence electrons. The molecular weight excluding hydrogens is 142 g/mol. The van der Waals surface area contributed by atoms with Gasteiger partial charge in [-0.15, -0.1) is 0 Å². The molecule has 0 aliphatic carbocycles. The second kappa shape index (κ2) is 7.38. The zero-order valence-electron chi connectivity index (χ0n) is 7.16. The monoisotopic (exact) mass is 157 g/mol. The summed E-state index contributed by atoms with van der Waals surface area (Å²) in [6, 6.07) is 0. The summed E-state index contributed by atoms with van der Waals surface area (Å²) in [5.74, 6) is 0. The highest BCUT2D eigenvalue weighted by Crippen LogP contribution is 2.06. The van der Waals surface area contributed by atoms with E-state index >= 15 is 0 Å². The predicted molar refractivity (Wildman–Crippen MR) is 44.1 cm³/mol. The lowest BCUT2D eigenvalue weighted by molar-refractivity contribution is 0.0987. The first-order valence-electron chi connectivity index (χ1n) is 3.92. The largest absolute Gasteiger partial charge is 0.375 e. The molecule has 11 heavy (non-hydrogen) atoms. The van der Waals surface area contributed by atoms with Gasteiger partial charge in [-0.05, 0) is 12.0 Å². The van der Waals surface area contributed by atoms with Crippen LogP contribution >= 0.6 is 0 Å². The number of unbranched alkanes of at least 4 members (excludes halogenated alkanes) is 2. The zero-order chi connectivity index (χ0) is 8.53. The standard InChI is InChI=1S/C7H15N3O/c1-3-4-5-6-7(11-2)9-10-8/h7H,3-6H2,1-2H3. The summed E-state index contributed by atoms with van der Waals surface area (Å²) in [4.78, 5) is 2.69. The number of azide groups is 1. The third kappa shape index (κ3) is 5.70. The Kier molecular flexibility index (Phi) is 6.89. The molecule has 0 rings (SSSR count). The fourth-order valence-corrected chi connectivity index (χ4v) is 0.849. The van der Waals surface area contributed by atoms with Crippen molar-refractivity contribution in [3.63, 3.8) is 0 Å². The maximum Gasteiger partial charge on any atom is 0.136 e. The summed E-state index contributed by atoms with van der Waals surface area (Å²) in [7, 11) is 1.56. The minimum Gasteiger partial charge on any atom is -0.375 e. The van der Waals surface area contributed by atoms with E-state index < -0.39 is 0 Å². The van der Waals surface area contributed by atoms with E-state index in [1.807, 2.05) is 0 Å². The Morgan fingerprint density at radius 3 is 2.73 bits per heavy atom. The highest BCUT2D eigenvalue weighted by atomic mass is 16.5. The van der Waals surface area contributed by atoms with Crippen LogP contribution in [0.4, 0.5) is 0 Å². The maximum atomic E-state index is 8.10. The van der Waals surface area contributed by atoms with Crippen molar-refractivity contribution in [3.8, 4) is 0 Å². The minimum atomic E-state index is -0.272. The Morgan fingerprint density at radius 2 is 2.27 bits per heavy atom. The quantitative estimate of drug-likeness (QED) is 0.253. The number of rotatable bonds is 6. The van der Waals surface area contributed by atoms with Crippen LogP contribution in [0.5, 0.6) is 0 Å². The van der Waals surface area contributed by atoms with E-state index in [4.69, 9.17) is 10.3 Å². The SMILES string of the molecule is CCCCCC(N=[N+]=[N-])OC. The molecule has 0 aliphatic rings. The lowest BCUT2D eigenvalue weighted by Crippen LogP contribution is -2.05. The van der Waals surface area contributed by atoms with Crippen LogP contribution in [0.25, 0.3) is 10.4 Å². The van der Waals surface area contributed by atoms with Crippen molar-refractivity contribution in [2.24, 2.45) is 5.11 Å². The van der Waals surface area contributed by atoms with Gasteiger partial charge < -0.3 is 4.74 Å². The van der Waals surface area contributed by atoms with Gasteiger partial charge in [-0.2, -0.15) is 0 Å². The molecule has 0 saturated heterocycles. The van der Waals surface area contributed by atoms with Gasteiger partial charge in [0.2, 0.25) is 0 Å². The second-order valence-corrected chi connectivity index (χ2v) is 2.39. The van der Waals surface area contributed by atoms with Gasteiger partial charge in [-0.3, -0.25) is 0 Å². The molecule has 0 saturated carbocycles. The van der Waals surface area contributed by atoms with Crippen LogP contribution in [-0.2, 0) is 4.74 Å². The van der Waals surface area contributed by atoms with Crippen LogP contribution in [-0.4, -0.2) is 13.3 Å². The zero-order valence-corrected chi connectivity index (χ0v) is 7.16. The minimum absolute atomic E-state index is 0.272. The van der Waals surface area contributed by atoms with Crippen molar-refractivity contribution >= 4 is 0 Å². The third-order valence-corrected chi connectivity index (χ3v) is 1.51. The molecule has 0 bridgehead atoms. The Hall–Kier alpha value is -0.730. The van der Waals surface area contributed by atoms with Crippen LogP contribution in [0.3, 0.4) is 0 Å². The topological polar surface area (TPSA) is 58.0 Å². The molecular formula is C7H15N3O. The van der Waals surface area contributed by atoms with Gasteiger partial charge in [0.1, 0.15) is 6.23 Å². The molecule has 0 aliphatic heterocycles. The fourth-order valence-electron chi connectivity index (χ4n) is 0.849. The molecule has 0 aromatic carbocycles. The average molecular weight is 157 g/mol. The van der Waals surface area contributed by atoms with Gasteiger partial charge in [0, 0.05) is 12.0 Å². The molecule has 1 atom stereocenters. The van der Waals surface area contributed by atoms with Gasteiger partial charge in [0.05, 0.1) is 0 Å². The molecule has 0 heterocycles. The van der Waals surface area contributed by atoms with Crippen molar-refractivity contribution in [3.05, 3.63) is 10.4 Å². The van der Waals surface area contributed by atoms with E-state index in [0.717, 1.165) is 12.8 Å². The second-order valence-electron chi connectivity index (χ2n) is 2.39. The van der Waals surface area contributed by atoms with Crippen molar-refractivity contribution in [2.45, 2.75) is 38.8 Å². The molecule has 0 radical (unpaired) electrons. The van der Waals surface area contributed by atoms with E-state index in [1.165, 1.54) is 12.8 Å². The Labute approximate surface area is 67.2 Å². The number of ether oxygens (including phenoxy) is 1. The average Bonchev–Trinajstić information content (AvgIpc) is 2.03. The number of nitrogens with zero attached hydrogens (tertiary/aromatic N) is 3. The van der Waals surface area contributed by atoms with Gasteiger partial charge in [0.15, 0.2) is 0 Å². The molecule has 0 fully saturated rings. The Balaban J connectivity index is 3.43. The normalized spacial score (nSPS) is 12.2. The van der Waals surface area contributed by atoms with Gasteiger partial charge >= 0.3 is 0 Å². The van der Waals surface area contributed by atoms with E-state index in [9.17, 15) is 0 Å².